The molecule has 1 aromatic carbocycles. The first-order chi connectivity index (χ1) is 11.1. The molecule has 0 bridgehead atoms. The summed E-state index contributed by atoms with van der Waals surface area (Å²) in [6.45, 7) is 3.05. The fraction of sp³-hybridized carbons (Fsp3) is 0.312. The Balaban J connectivity index is 1.89. The Kier molecular flexibility index (Phi) is 5.74. The zero-order valence-electron chi connectivity index (χ0n) is 13.7. The van der Waals surface area contributed by atoms with Crippen molar-refractivity contribution in [1.82, 2.24) is 9.99 Å². The van der Waals surface area contributed by atoms with Crippen molar-refractivity contribution in [2.24, 2.45) is 29.9 Å². The molecule has 0 saturated heterocycles. The molecular weight excluding hydrogens is 292 g/mol. The second-order valence-corrected chi connectivity index (χ2v) is 5.02. The molecule has 122 valence electrons. The second kappa shape index (κ2) is 7.98. The van der Waals surface area contributed by atoms with Gasteiger partial charge in [0.25, 0.3) is 5.82 Å². The lowest BCUT2D eigenvalue weighted by molar-refractivity contribution is -0.680. The van der Waals surface area contributed by atoms with Gasteiger partial charge in [-0.15, -0.1) is 0 Å². The van der Waals surface area contributed by atoms with Crippen LogP contribution in [0.5, 0.6) is 5.75 Å². The molecule has 0 fully saturated rings. The van der Waals surface area contributed by atoms with Gasteiger partial charge in [-0.1, -0.05) is 0 Å². The summed E-state index contributed by atoms with van der Waals surface area (Å²) in [6.07, 6.45) is 5.68. The number of rotatable bonds is 6. The smallest absolute Gasteiger partial charge is 0.294 e. The average Bonchev–Trinajstić information content (AvgIpc) is 2.85. The third-order valence-corrected chi connectivity index (χ3v) is 3.30. The predicted molar refractivity (Wildman–Crippen MR) is 90.3 cm³/mol. The summed E-state index contributed by atoms with van der Waals surface area (Å²) in [6, 6.07) is 7.68. The molecule has 7 nitrogen and oxygen atoms in total. The van der Waals surface area contributed by atoms with E-state index in [1.54, 1.807) is 6.21 Å². The summed E-state index contributed by atoms with van der Waals surface area (Å²) in [5, 5.41) is 4.02. The second-order valence-electron chi connectivity index (χ2n) is 5.02. The number of guanidine groups is 1. The molecule has 23 heavy (non-hydrogen) atoms. The number of imidazole rings is 1. The minimum atomic E-state index is 0.305. The van der Waals surface area contributed by atoms with Crippen LogP contribution in [0.3, 0.4) is 0 Å². The van der Waals surface area contributed by atoms with Crippen molar-refractivity contribution in [1.29, 1.82) is 0 Å². The quantitative estimate of drug-likeness (QED) is 0.356. The summed E-state index contributed by atoms with van der Waals surface area (Å²) < 4.78 is 9.87. The van der Waals surface area contributed by atoms with Gasteiger partial charge < -0.3 is 10.5 Å². The van der Waals surface area contributed by atoms with Crippen LogP contribution in [0.25, 0.3) is 0 Å². The van der Waals surface area contributed by atoms with Crippen LogP contribution >= 0.6 is 0 Å². The number of aliphatic imine (C=N–C) groups is 1. The summed E-state index contributed by atoms with van der Waals surface area (Å²) in [5.74, 6) is 2.20. The fourth-order valence-electron chi connectivity index (χ4n) is 2.00. The number of benzene rings is 1. The molecule has 0 aliphatic carbocycles. The van der Waals surface area contributed by atoms with Gasteiger partial charge in [-0.2, -0.15) is 5.10 Å². The zero-order valence-corrected chi connectivity index (χ0v) is 13.7. The largest absolute Gasteiger partial charge is 0.481 e. The molecule has 0 aliphatic heterocycles. The topological polar surface area (TPSA) is 80.8 Å². The lowest BCUT2D eigenvalue weighted by Gasteiger charge is -2.05. The number of nitrogens with one attached hydrogen (secondary N) is 1. The molecule has 2 rings (SSSR count). The summed E-state index contributed by atoms with van der Waals surface area (Å²) in [4.78, 5) is 3.98. The lowest BCUT2D eigenvalue weighted by Crippen LogP contribution is -2.32. The van der Waals surface area contributed by atoms with Crippen molar-refractivity contribution in [2.45, 2.75) is 13.5 Å². The minimum Gasteiger partial charge on any atom is -0.481 e. The number of aryl methyl sites for hydroxylation is 2. The van der Waals surface area contributed by atoms with E-state index < -0.39 is 0 Å². The highest BCUT2D eigenvalue weighted by molar-refractivity contribution is 5.83. The van der Waals surface area contributed by atoms with Crippen LogP contribution in [0.15, 0.2) is 46.8 Å². The molecule has 0 saturated carbocycles. The highest BCUT2D eigenvalue weighted by Gasteiger charge is 2.11. The van der Waals surface area contributed by atoms with Crippen molar-refractivity contribution >= 4 is 12.2 Å². The Hall–Kier alpha value is -2.83. The van der Waals surface area contributed by atoms with E-state index in [1.165, 1.54) is 0 Å². The van der Waals surface area contributed by atoms with Crippen molar-refractivity contribution in [2.75, 3.05) is 6.54 Å². The maximum atomic E-state index is 5.80. The Morgan fingerprint density at radius 2 is 2.13 bits per heavy atom. The number of nitrogens with two attached hydrogens (primary N) is 1. The molecule has 0 spiro atoms. The van der Waals surface area contributed by atoms with E-state index in [1.807, 2.05) is 66.8 Å². The summed E-state index contributed by atoms with van der Waals surface area (Å²) in [7, 11) is 4.00. The van der Waals surface area contributed by atoms with Gasteiger partial charge in [0, 0.05) is 6.54 Å². The van der Waals surface area contributed by atoms with Gasteiger partial charge >= 0.3 is 0 Å². The normalized spacial score (nSPS) is 11.9. The molecule has 0 radical (unpaired) electrons. The van der Waals surface area contributed by atoms with E-state index in [-0.39, 0.29) is 0 Å². The zero-order chi connectivity index (χ0) is 16.7. The van der Waals surface area contributed by atoms with Gasteiger partial charge in [-0.25, -0.2) is 14.6 Å². The van der Waals surface area contributed by atoms with Gasteiger partial charge in [0.1, 0.15) is 18.1 Å². The van der Waals surface area contributed by atoms with Crippen molar-refractivity contribution < 1.29 is 9.30 Å². The number of hydrogen-bond acceptors (Lipinski definition) is 3. The minimum absolute atomic E-state index is 0.305. The molecule has 0 aliphatic rings. The van der Waals surface area contributed by atoms with E-state index in [9.17, 15) is 0 Å². The Bertz CT molecular complexity index is 668. The van der Waals surface area contributed by atoms with Crippen LogP contribution in [0, 0.1) is 0 Å². The molecular formula is C16H23N6O+. The number of ether oxygens (including phenoxy) is 1. The molecule has 0 atom stereocenters. The maximum Gasteiger partial charge on any atom is 0.294 e. The van der Waals surface area contributed by atoms with Crippen molar-refractivity contribution in [3.05, 3.63) is 48.0 Å². The standard InChI is InChI=1S/C16H23N6O/c1-4-18-16(17)20-19-11-13-5-7-14(8-6-13)23-12-15-21(2)9-10-22(15)3/h5-11H,4,12H2,1-3H3,(H3,17,18,20)/q+1/b19-11+. The van der Waals surface area contributed by atoms with E-state index in [4.69, 9.17) is 10.5 Å². The molecule has 0 unspecified atom stereocenters. The summed E-state index contributed by atoms with van der Waals surface area (Å²) in [5.41, 5.74) is 9.19. The van der Waals surface area contributed by atoms with E-state index in [0.717, 1.165) is 17.1 Å². The third-order valence-electron chi connectivity index (χ3n) is 3.30. The fourth-order valence-corrected chi connectivity index (χ4v) is 2.00. The predicted octanol–water partition coefficient (Wildman–Crippen LogP) is 0.687. The highest BCUT2D eigenvalue weighted by atomic mass is 16.5. The van der Waals surface area contributed by atoms with Crippen LogP contribution in [-0.4, -0.2) is 23.3 Å². The molecule has 1 aromatic heterocycles. The van der Waals surface area contributed by atoms with Gasteiger partial charge in [-0.3, -0.25) is 4.99 Å². The van der Waals surface area contributed by atoms with Crippen LogP contribution in [0.4, 0.5) is 0 Å². The number of nitrogens with zero attached hydrogens (tertiary/aromatic N) is 4. The van der Waals surface area contributed by atoms with Crippen LogP contribution < -0.4 is 20.5 Å². The Morgan fingerprint density at radius 3 is 2.74 bits per heavy atom. The summed E-state index contributed by atoms with van der Waals surface area (Å²) >= 11 is 0. The molecule has 0 amide bonds. The molecule has 1 heterocycles. The first-order valence-corrected chi connectivity index (χ1v) is 7.42. The van der Waals surface area contributed by atoms with Crippen LogP contribution in [-0.2, 0) is 20.7 Å². The Morgan fingerprint density at radius 1 is 1.39 bits per heavy atom. The van der Waals surface area contributed by atoms with Gasteiger partial charge in [0.05, 0.1) is 20.3 Å². The molecule has 7 heteroatoms. The number of hydrogen-bond donors (Lipinski definition) is 2. The van der Waals surface area contributed by atoms with Crippen molar-refractivity contribution in [3.8, 4) is 5.75 Å². The van der Waals surface area contributed by atoms with E-state index in [0.29, 0.717) is 19.1 Å². The van der Waals surface area contributed by atoms with Crippen molar-refractivity contribution in [3.63, 3.8) is 0 Å². The number of hydrazone groups is 1. The lowest BCUT2D eigenvalue weighted by atomic mass is 10.2. The van der Waals surface area contributed by atoms with Crippen LogP contribution in [0.1, 0.15) is 18.3 Å². The third kappa shape index (κ3) is 4.84. The van der Waals surface area contributed by atoms with E-state index in [2.05, 4.69) is 15.5 Å². The SMILES string of the molecule is CCN=C(N)N/N=C/c1ccc(OCc2n(C)cc[n+]2C)cc1. The first kappa shape index (κ1) is 16.5. The molecule has 2 aromatic rings. The number of aromatic nitrogens is 2. The maximum absolute atomic E-state index is 5.80. The van der Waals surface area contributed by atoms with Gasteiger partial charge in [-0.05, 0) is 36.8 Å². The monoisotopic (exact) mass is 315 g/mol. The molecule has 3 N–H and O–H groups in total. The van der Waals surface area contributed by atoms with E-state index >= 15 is 0 Å². The average molecular weight is 315 g/mol. The first-order valence-electron chi connectivity index (χ1n) is 7.42. The van der Waals surface area contributed by atoms with Crippen LogP contribution in [0.2, 0.25) is 0 Å². The van der Waals surface area contributed by atoms with Gasteiger partial charge in [0.15, 0.2) is 6.61 Å². The van der Waals surface area contributed by atoms with Gasteiger partial charge in [0.2, 0.25) is 5.96 Å². The Labute approximate surface area is 136 Å². The highest BCUT2D eigenvalue weighted by Crippen LogP contribution is 2.12.